The van der Waals surface area contributed by atoms with Crippen molar-refractivity contribution in [3.8, 4) is 10.6 Å². The van der Waals surface area contributed by atoms with Crippen molar-refractivity contribution in [2.45, 2.75) is 25.4 Å². The average molecular weight is 351 g/mol. The number of hydrogen-bond acceptors (Lipinski definition) is 7. The van der Waals surface area contributed by atoms with E-state index in [0.29, 0.717) is 28.7 Å². The van der Waals surface area contributed by atoms with Gasteiger partial charge in [0.2, 0.25) is 5.91 Å². The highest BCUT2D eigenvalue weighted by atomic mass is 32.1. The second-order valence-electron chi connectivity index (χ2n) is 5.52. The number of nitrogens with one attached hydrogen (secondary N) is 2. The lowest BCUT2D eigenvalue weighted by atomic mass is 9.92. The van der Waals surface area contributed by atoms with Gasteiger partial charge in [-0.2, -0.15) is 5.48 Å². The Balaban J connectivity index is 1.79. The molecule has 1 fully saturated rings. The minimum atomic E-state index is -0.364. The quantitative estimate of drug-likeness (QED) is 0.741. The van der Waals surface area contributed by atoms with E-state index in [4.69, 9.17) is 10.6 Å². The van der Waals surface area contributed by atoms with Crippen LogP contribution in [0.4, 0.5) is 4.39 Å². The number of amides is 1. The molecule has 0 unspecified atom stereocenters. The van der Waals surface area contributed by atoms with E-state index in [1.807, 2.05) is 6.07 Å². The Morgan fingerprint density at radius 2 is 2.38 bits per heavy atom. The van der Waals surface area contributed by atoms with Crippen LogP contribution in [-0.4, -0.2) is 35.3 Å². The molecule has 1 amide bonds. The monoisotopic (exact) mass is 351 g/mol. The van der Waals surface area contributed by atoms with E-state index in [9.17, 15) is 9.18 Å². The molecule has 2 atom stereocenters. The first kappa shape index (κ1) is 16.9. The molecule has 1 aliphatic rings. The molecule has 7 nitrogen and oxygen atoms in total. The van der Waals surface area contributed by atoms with Gasteiger partial charge in [0.15, 0.2) is 5.01 Å². The molecule has 1 saturated heterocycles. The Morgan fingerprint density at radius 3 is 3.04 bits per heavy atom. The van der Waals surface area contributed by atoms with Crippen LogP contribution < -0.4 is 16.5 Å². The number of aromatic nitrogens is 2. The van der Waals surface area contributed by atoms with Crippen molar-refractivity contribution in [1.29, 1.82) is 0 Å². The molecule has 24 heavy (non-hydrogen) atoms. The summed E-state index contributed by atoms with van der Waals surface area (Å²) in [7, 11) is 0. The van der Waals surface area contributed by atoms with E-state index in [2.05, 4.69) is 21.0 Å². The summed E-state index contributed by atoms with van der Waals surface area (Å²) < 4.78 is 14.5. The fourth-order valence-corrected chi connectivity index (χ4v) is 3.34. The molecule has 4 N–H and O–H groups in total. The maximum absolute atomic E-state index is 14.5. The van der Waals surface area contributed by atoms with Gasteiger partial charge in [-0.1, -0.05) is 17.4 Å². The predicted octanol–water partition coefficient (Wildman–Crippen LogP) is 0.926. The minimum Gasteiger partial charge on any atom is -0.355 e. The third-order valence-corrected chi connectivity index (χ3v) is 4.83. The van der Waals surface area contributed by atoms with Crippen molar-refractivity contribution >= 4 is 17.2 Å². The molecule has 128 valence electrons. The van der Waals surface area contributed by atoms with Crippen LogP contribution in [0.1, 0.15) is 23.4 Å². The van der Waals surface area contributed by atoms with Gasteiger partial charge in [-0.05, 0) is 17.7 Å². The third kappa shape index (κ3) is 3.59. The largest absolute Gasteiger partial charge is 0.355 e. The summed E-state index contributed by atoms with van der Waals surface area (Å²) in [4.78, 5) is 16.3. The van der Waals surface area contributed by atoms with Gasteiger partial charge in [0.05, 0.1) is 12.6 Å². The van der Waals surface area contributed by atoms with Gasteiger partial charge in [-0.25, -0.2) is 4.39 Å². The zero-order chi connectivity index (χ0) is 17.1. The zero-order valence-electron chi connectivity index (χ0n) is 13.1. The summed E-state index contributed by atoms with van der Waals surface area (Å²) in [5.41, 5.74) is 9.59. The number of rotatable bonds is 5. The second kappa shape index (κ2) is 7.31. The Bertz CT molecular complexity index is 738. The summed E-state index contributed by atoms with van der Waals surface area (Å²) in [6.07, 6.45) is 0. The Hall–Kier alpha value is -1.94. The van der Waals surface area contributed by atoms with Crippen molar-refractivity contribution in [3.63, 3.8) is 0 Å². The van der Waals surface area contributed by atoms with Gasteiger partial charge in [0.25, 0.3) is 0 Å². The topological polar surface area (TPSA) is 102 Å². The second-order valence-corrected chi connectivity index (χ2v) is 6.59. The maximum atomic E-state index is 14.5. The van der Waals surface area contributed by atoms with Gasteiger partial charge in [-0.3, -0.25) is 4.79 Å². The molecule has 9 heteroatoms. The number of nitrogens with zero attached hydrogens (tertiary/aromatic N) is 2. The lowest BCUT2D eigenvalue weighted by Gasteiger charge is -2.18. The number of carbonyl (C=O) groups excluding carboxylic acids is 1. The molecule has 0 saturated carbocycles. The Kier molecular flexibility index (Phi) is 5.14. The zero-order valence-corrected chi connectivity index (χ0v) is 13.9. The first-order chi connectivity index (χ1) is 11.6. The van der Waals surface area contributed by atoms with Crippen molar-refractivity contribution in [3.05, 3.63) is 34.6 Å². The molecule has 1 aliphatic heterocycles. The number of hydroxylamine groups is 1. The van der Waals surface area contributed by atoms with Crippen LogP contribution in [0, 0.1) is 5.82 Å². The highest BCUT2D eigenvalue weighted by Gasteiger charge is 2.30. The highest BCUT2D eigenvalue weighted by molar-refractivity contribution is 7.14. The highest BCUT2D eigenvalue weighted by Crippen LogP contribution is 2.31. The van der Waals surface area contributed by atoms with Crippen LogP contribution in [0.15, 0.2) is 18.2 Å². The number of halogens is 1. The minimum absolute atomic E-state index is 0.0468. The van der Waals surface area contributed by atoms with E-state index in [-0.39, 0.29) is 30.2 Å². The molecule has 3 rings (SSSR count). The van der Waals surface area contributed by atoms with Crippen molar-refractivity contribution < 1.29 is 14.0 Å². The van der Waals surface area contributed by atoms with Crippen molar-refractivity contribution in [2.75, 3.05) is 13.2 Å². The first-order valence-electron chi connectivity index (χ1n) is 7.52. The van der Waals surface area contributed by atoms with E-state index >= 15 is 0 Å². The van der Waals surface area contributed by atoms with Crippen LogP contribution >= 0.6 is 11.3 Å². The normalized spacial score (nSPS) is 20.3. The summed E-state index contributed by atoms with van der Waals surface area (Å²) in [5.74, 6) is -0.525. The fourth-order valence-electron chi connectivity index (χ4n) is 2.59. The number of hydrogen-bond donors (Lipinski definition) is 3. The Labute approximate surface area is 142 Å². The SMILES string of the molecule is CC(=O)NC[C@H]1NOC[C@H]1c1ccc(-c2nnc(CN)s2)c(F)c1. The number of benzene rings is 1. The molecular weight excluding hydrogens is 333 g/mol. The first-order valence-corrected chi connectivity index (χ1v) is 8.34. The van der Waals surface area contributed by atoms with Gasteiger partial charge in [-0.15, -0.1) is 10.2 Å². The van der Waals surface area contributed by atoms with Crippen LogP contribution in [-0.2, 0) is 16.2 Å². The number of nitrogens with two attached hydrogens (primary N) is 1. The van der Waals surface area contributed by atoms with E-state index in [1.165, 1.54) is 24.3 Å². The summed E-state index contributed by atoms with van der Waals surface area (Å²) in [6.45, 7) is 2.57. The van der Waals surface area contributed by atoms with E-state index < -0.39 is 0 Å². The van der Waals surface area contributed by atoms with Gasteiger partial charge >= 0.3 is 0 Å². The maximum Gasteiger partial charge on any atom is 0.216 e. The molecule has 1 aromatic carbocycles. The van der Waals surface area contributed by atoms with E-state index in [1.54, 1.807) is 6.07 Å². The average Bonchev–Trinajstić information content (AvgIpc) is 3.21. The molecule has 2 aromatic rings. The van der Waals surface area contributed by atoms with Crippen molar-refractivity contribution in [1.82, 2.24) is 21.0 Å². The van der Waals surface area contributed by atoms with Crippen LogP contribution in [0.2, 0.25) is 0 Å². The molecule has 0 radical (unpaired) electrons. The Morgan fingerprint density at radius 1 is 1.54 bits per heavy atom. The summed E-state index contributed by atoms with van der Waals surface area (Å²) in [5, 5.41) is 11.8. The predicted molar refractivity (Wildman–Crippen MR) is 87.5 cm³/mol. The third-order valence-electron chi connectivity index (χ3n) is 3.85. The molecule has 1 aromatic heterocycles. The lowest BCUT2D eigenvalue weighted by Crippen LogP contribution is -2.38. The van der Waals surface area contributed by atoms with Crippen LogP contribution in [0.3, 0.4) is 0 Å². The molecular formula is C15H18FN5O2S. The van der Waals surface area contributed by atoms with Gasteiger partial charge < -0.3 is 15.9 Å². The lowest BCUT2D eigenvalue weighted by molar-refractivity contribution is -0.119. The van der Waals surface area contributed by atoms with Crippen LogP contribution in [0.25, 0.3) is 10.6 Å². The van der Waals surface area contributed by atoms with Crippen molar-refractivity contribution in [2.24, 2.45) is 5.73 Å². The summed E-state index contributed by atoms with van der Waals surface area (Å²) in [6, 6.07) is 4.92. The van der Waals surface area contributed by atoms with Crippen LogP contribution in [0.5, 0.6) is 0 Å². The molecule has 0 aliphatic carbocycles. The standard InChI is InChI=1S/C15H18FN5O2S/c1-8(22)18-6-13-11(7-23-21-13)9-2-3-10(12(16)4-9)15-20-19-14(5-17)24-15/h2-4,11,13,21H,5-7,17H2,1H3,(H,18,22)/t11-,13+/m0/s1. The fraction of sp³-hybridized carbons (Fsp3) is 0.400. The van der Waals surface area contributed by atoms with E-state index in [0.717, 1.165) is 5.56 Å². The molecule has 0 bridgehead atoms. The molecule has 2 heterocycles. The van der Waals surface area contributed by atoms with Gasteiger partial charge in [0.1, 0.15) is 10.8 Å². The summed E-state index contributed by atoms with van der Waals surface area (Å²) >= 11 is 1.28. The smallest absolute Gasteiger partial charge is 0.216 e. The molecule has 0 spiro atoms. The van der Waals surface area contributed by atoms with Gasteiger partial charge in [0, 0.05) is 31.5 Å². The number of carbonyl (C=O) groups is 1.